The first kappa shape index (κ1) is 18.2. The van der Waals surface area contributed by atoms with Crippen LogP contribution in [0.5, 0.6) is 11.5 Å². The van der Waals surface area contributed by atoms with Gasteiger partial charge in [0.2, 0.25) is 0 Å². The van der Waals surface area contributed by atoms with E-state index < -0.39 is 0 Å². The van der Waals surface area contributed by atoms with Gasteiger partial charge >= 0.3 is 0 Å². The number of aromatic nitrogens is 1. The van der Waals surface area contributed by atoms with Gasteiger partial charge < -0.3 is 14.8 Å². The van der Waals surface area contributed by atoms with Crippen LogP contribution in [0.15, 0.2) is 36.5 Å². The minimum atomic E-state index is -0.313. The number of rotatable bonds is 8. The summed E-state index contributed by atoms with van der Waals surface area (Å²) >= 11 is 0. The van der Waals surface area contributed by atoms with E-state index in [0.717, 1.165) is 35.7 Å². The van der Waals surface area contributed by atoms with Crippen molar-refractivity contribution in [1.82, 2.24) is 10.3 Å². The molecule has 0 saturated heterocycles. The number of ether oxygens (including phenoxy) is 2. The highest BCUT2D eigenvalue weighted by Crippen LogP contribution is 2.27. The van der Waals surface area contributed by atoms with Gasteiger partial charge in [-0.05, 0) is 48.7 Å². The van der Waals surface area contributed by atoms with E-state index in [9.17, 15) is 4.39 Å². The number of halogens is 1. The van der Waals surface area contributed by atoms with Crippen LogP contribution in [0.25, 0.3) is 0 Å². The highest BCUT2D eigenvalue weighted by Gasteiger charge is 2.16. The van der Waals surface area contributed by atoms with E-state index in [-0.39, 0.29) is 11.9 Å². The van der Waals surface area contributed by atoms with Gasteiger partial charge in [-0.1, -0.05) is 19.9 Å². The first-order valence-corrected chi connectivity index (χ1v) is 8.11. The average molecular weight is 332 g/mol. The van der Waals surface area contributed by atoms with E-state index >= 15 is 0 Å². The molecule has 1 unspecified atom stereocenters. The van der Waals surface area contributed by atoms with Gasteiger partial charge in [0.1, 0.15) is 5.82 Å². The third-order valence-corrected chi connectivity index (χ3v) is 3.96. The summed E-state index contributed by atoms with van der Waals surface area (Å²) in [6.07, 6.45) is 2.12. The van der Waals surface area contributed by atoms with Crippen molar-refractivity contribution in [3.05, 3.63) is 53.6 Å². The van der Waals surface area contributed by atoms with Crippen molar-refractivity contribution in [1.29, 1.82) is 0 Å². The Kier molecular flexibility index (Phi) is 6.55. The highest BCUT2D eigenvalue weighted by atomic mass is 19.1. The van der Waals surface area contributed by atoms with Crippen LogP contribution in [0.3, 0.4) is 0 Å². The second kappa shape index (κ2) is 8.64. The molecule has 5 heteroatoms. The first-order valence-electron chi connectivity index (χ1n) is 8.11. The molecule has 0 spiro atoms. The Bertz CT molecular complexity index is 644. The van der Waals surface area contributed by atoms with Crippen LogP contribution in [0.2, 0.25) is 0 Å². The third-order valence-electron chi connectivity index (χ3n) is 3.96. The predicted molar refractivity (Wildman–Crippen MR) is 93.0 cm³/mol. The summed E-state index contributed by atoms with van der Waals surface area (Å²) in [4.78, 5) is 4.20. The Hall–Kier alpha value is -2.14. The molecule has 2 rings (SSSR count). The number of nitrogens with zero attached hydrogens (tertiary/aromatic N) is 1. The molecule has 1 atom stereocenters. The minimum absolute atomic E-state index is 0.0887. The zero-order valence-electron chi connectivity index (χ0n) is 14.7. The van der Waals surface area contributed by atoms with Crippen molar-refractivity contribution in [2.45, 2.75) is 26.3 Å². The van der Waals surface area contributed by atoms with E-state index in [4.69, 9.17) is 9.47 Å². The molecule has 0 fully saturated rings. The summed E-state index contributed by atoms with van der Waals surface area (Å²) in [7, 11) is 3.26. The molecular weight excluding hydrogens is 307 g/mol. The van der Waals surface area contributed by atoms with Gasteiger partial charge in [-0.15, -0.1) is 0 Å². The Labute approximate surface area is 143 Å². The molecule has 2 aromatic rings. The summed E-state index contributed by atoms with van der Waals surface area (Å²) in [5.74, 6) is 1.50. The van der Waals surface area contributed by atoms with Crippen molar-refractivity contribution in [2.24, 2.45) is 5.92 Å². The number of benzene rings is 1. The summed E-state index contributed by atoms with van der Waals surface area (Å²) < 4.78 is 23.6. The lowest BCUT2D eigenvalue weighted by Crippen LogP contribution is -2.28. The fraction of sp³-hybridized carbons (Fsp3) is 0.421. The van der Waals surface area contributed by atoms with Gasteiger partial charge in [-0.3, -0.25) is 4.98 Å². The lowest BCUT2D eigenvalue weighted by molar-refractivity contribution is 0.354. The molecule has 24 heavy (non-hydrogen) atoms. The smallest absolute Gasteiger partial charge is 0.160 e. The van der Waals surface area contributed by atoms with Gasteiger partial charge in [0.05, 0.1) is 32.2 Å². The number of nitrogens with one attached hydrogen (secondary N) is 1. The van der Waals surface area contributed by atoms with Gasteiger partial charge in [0.15, 0.2) is 11.5 Å². The molecule has 4 nitrogen and oxygen atoms in total. The second-order valence-corrected chi connectivity index (χ2v) is 6.02. The van der Waals surface area contributed by atoms with Crippen molar-refractivity contribution >= 4 is 0 Å². The Morgan fingerprint density at radius 3 is 2.42 bits per heavy atom. The maximum absolute atomic E-state index is 13.1. The van der Waals surface area contributed by atoms with E-state index in [0.29, 0.717) is 5.92 Å². The number of pyridine rings is 1. The van der Waals surface area contributed by atoms with Crippen molar-refractivity contribution < 1.29 is 13.9 Å². The molecule has 1 aromatic heterocycles. The van der Waals surface area contributed by atoms with Gasteiger partial charge in [0.25, 0.3) is 0 Å². The second-order valence-electron chi connectivity index (χ2n) is 6.02. The quantitative estimate of drug-likeness (QED) is 0.799. The molecule has 0 aliphatic heterocycles. The van der Waals surface area contributed by atoms with Crippen LogP contribution in [0.1, 0.15) is 31.1 Å². The Morgan fingerprint density at radius 1 is 1.08 bits per heavy atom. The molecule has 0 bridgehead atoms. The molecule has 0 saturated carbocycles. The van der Waals surface area contributed by atoms with Gasteiger partial charge in [0, 0.05) is 0 Å². The van der Waals surface area contributed by atoms with Crippen molar-refractivity contribution in [2.75, 3.05) is 20.8 Å². The number of hydrogen-bond donors (Lipinski definition) is 1. The van der Waals surface area contributed by atoms with Crippen LogP contribution in [0.4, 0.5) is 4.39 Å². The van der Waals surface area contributed by atoms with E-state index in [1.165, 1.54) is 12.3 Å². The van der Waals surface area contributed by atoms with Crippen molar-refractivity contribution in [3.8, 4) is 11.5 Å². The van der Waals surface area contributed by atoms with Crippen LogP contribution >= 0.6 is 0 Å². The van der Waals surface area contributed by atoms with E-state index in [1.54, 1.807) is 20.3 Å². The Balaban J connectivity index is 1.99. The number of hydrogen-bond acceptors (Lipinski definition) is 4. The predicted octanol–water partition coefficient (Wildman–Crippen LogP) is 3.77. The zero-order chi connectivity index (χ0) is 17.5. The molecular formula is C19H25FN2O2. The molecule has 0 aliphatic rings. The van der Waals surface area contributed by atoms with Gasteiger partial charge in [-0.2, -0.15) is 0 Å². The lowest BCUT2D eigenvalue weighted by Gasteiger charge is -2.22. The molecule has 0 amide bonds. The minimum Gasteiger partial charge on any atom is -0.493 e. The van der Waals surface area contributed by atoms with Crippen LogP contribution in [-0.4, -0.2) is 25.7 Å². The average Bonchev–Trinajstić information content (AvgIpc) is 2.59. The summed E-state index contributed by atoms with van der Waals surface area (Å²) in [6, 6.07) is 9.21. The van der Waals surface area contributed by atoms with Crippen LogP contribution in [0, 0.1) is 11.7 Å². The Morgan fingerprint density at radius 2 is 1.83 bits per heavy atom. The summed E-state index contributed by atoms with van der Waals surface area (Å²) in [5.41, 5.74) is 2.02. The zero-order valence-corrected chi connectivity index (χ0v) is 14.7. The largest absolute Gasteiger partial charge is 0.493 e. The monoisotopic (exact) mass is 332 g/mol. The molecule has 0 aliphatic carbocycles. The summed E-state index contributed by atoms with van der Waals surface area (Å²) in [6.45, 7) is 5.04. The molecule has 1 N–H and O–H groups in total. The van der Waals surface area contributed by atoms with E-state index in [1.807, 2.05) is 18.2 Å². The molecule has 130 valence electrons. The maximum atomic E-state index is 13.1. The molecule has 1 heterocycles. The maximum Gasteiger partial charge on any atom is 0.160 e. The van der Waals surface area contributed by atoms with Crippen LogP contribution in [-0.2, 0) is 6.42 Å². The van der Waals surface area contributed by atoms with E-state index in [2.05, 4.69) is 24.1 Å². The SMILES string of the molecule is COc1ccc(CCNC(c2ccc(F)cn2)C(C)C)cc1OC. The lowest BCUT2D eigenvalue weighted by atomic mass is 10.00. The first-order chi connectivity index (χ1) is 11.5. The fourth-order valence-electron chi connectivity index (χ4n) is 2.66. The third kappa shape index (κ3) is 4.68. The fourth-order valence-corrected chi connectivity index (χ4v) is 2.66. The number of methoxy groups -OCH3 is 2. The standard InChI is InChI=1S/C19H25FN2O2/c1-13(2)19(16-7-6-15(20)12-22-16)21-10-9-14-5-8-17(23-3)18(11-14)24-4/h5-8,11-13,19,21H,9-10H2,1-4H3. The normalized spacial score (nSPS) is 12.2. The molecule has 0 radical (unpaired) electrons. The molecule has 1 aromatic carbocycles. The van der Waals surface area contributed by atoms with Gasteiger partial charge in [-0.25, -0.2) is 4.39 Å². The topological polar surface area (TPSA) is 43.4 Å². The summed E-state index contributed by atoms with van der Waals surface area (Å²) in [5, 5.41) is 3.51. The highest BCUT2D eigenvalue weighted by molar-refractivity contribution is 5.42. The van der Waals surface area contributed by atoms with Crippen LogP contribution < -0.4 is 14.8 Å². The van der Waals surface area contributed by atoms with Crippen molar-refractivity contribution in [3.63, 3.8) is 0 Å².